The number of nitrogens with two attached hydrogens (primary N) is 1. The molecule has 0 saturated carbocycles. The number of hydrogen-bond donors (Lipinski definition) is 1. The molecule has 0 saturated heterocycles. The first-order valence-electron chi connectivity index (χ1n) is 6.91. The van der Waals surface area contributed by atoms with Crippen LogP contribution in [-0.2, 0) is 12.8 Å². The van der Waals surface area contributed by atoms with Crippen molar-refractivity contribution < 1.29 is 9.47 Å². The van der Waals surface area contributed by atoms with Gasteiger partial charge in [0, 0.05) is 29.5 Å². The van der Waals surface area contributed by atoms with Crippen molar-refractivity contribution in [3.63, 3.8) is 0 Å². The molecule has 0 aromatic heterocycles. The highest BCUT2D eigenvalue weighted by atomic mass is 16.5. The monoisotopic (exact) mass is 247 g/mol. The number of fused-ring (bicyclic) bond motifs is 2. The predicted molar refractivity (Wildman–Crippen MR) is 71.7 cm³/mol. The topological polar surface area (TPSA) is 44.5 Å². The van der Waals surface area contributed by atoms with Crippen molar-refractivity contribution in [3.05, 3.63) is 22.3 Å². The fourth-order valence-electron chi connectivity index (χ4n) is 3.30. The van der Waals surface area contributed by atoms with E-state index >= 15 is 0 Å². The number of benzene rings is 1. The van der Waals surface area contributed by atoms with Gasteiger partial charge in [-0.3, -0.25) is 0 Å². The summed E-state index contributed by atoms with van der Waals surface area (Å²) in [4.78, 5) is 0. The summed E-state index contributed by atoms with van der Waals surface area (Å²) in [7, 11) is 0. The van der Waals surface area contributed by atoms with Gasteiger partial charge < -0.3 is 15.2 Å². The lowest BCUT2D eigenvalue weighted by atomic mass is 9.86. The van der Waals surface area contributed by atoms with Crippen molar-refractivity contribution in [1.29, 1.82) is 0 Å². The van der Waals surface area contributed by atoms with Gasteiger partial charge in [0.25, 0.3) is 0 Å². The Bertz CT molecular complexity index is 443. The van der Waals surface area contributed by atoms with Crippen molar-refractivity contribution in [2.45, 2.75) is 39.0 Å². The largest absolute Gasteiger partial charge is 0.493 e. The molecule has 2 aliphatic heterocycles. The molecule has 0 bridgehead atoms. The zero-order chi connectivity index (χ0) is 12.7. The molecule has 3 heteroatoms. The molecular formula is C15H21NO2. The minimum atomic E-state index is 0.396. The van der Waals surface area contributed by atoms with Gasteiger partial charge in [0.15, 0.2) is 0 Å². The molecule has 0 spiro atoms. The molecule has 3 nitrogen and oxygen atoms in total. The van der Waals surface area contributed by atoms with Crippen LogP contribution >= 0.6 is 0 Å². The molecule has 98 valence electrons. The summed E-state index contributed by atoms with van der Waals surface area (Å²) in [5, 5.41) is 0. The first-order chi connectivity index (χ1) is 8.77. The third-order valence-corrected chi connectivity index (χ3v) is 4.29. The Labute approximate surface area is 108 Å². The third kappa shape index (κ3) is 1.53. The van der Waals surface area contributed by atoms with Crippen LogP contribution in [0, 0.1) is 6.92 Å². The third-order valence-electron chi connectivity index (χ3n) is 4.29. The molecule has 1 unspecified atom stereocenters. The molecule has 2 heterocycles. The van der Waals surface area contributed by atoms with Crippen molar-refractivity contribution >= 4 is 0 Å². The van der Waals surface area contributed by atoms with Gasteiger partial charge in [0.1, 0.15) is 11.5 Å². The van der Waals surface area contributed by atoms with E-state index in [4.69, 9.17) is 15.2 Å². The average molecular weight is 247 g/mol. The lowest BCUT2D eigenvalue weighted by Crippen LogP contribution is -2.14. The average Bonchev–Trinajstić information content (AvgIpc) is 3.03. The highest BCUT2D eigenvalue weighted by Gasteiger charge is 2.31. The number of rotatable bonds is 3. The molecule has 1 aromatic carbocycles. The number of hydrogen-bond acceptors (Lipinski definition) is 3. The van der Waals surface area contributed by atoms with E-state index in [1.807, 2.05) is 0 Å². The van der Waals surface area contributed by atoms with Gasteiger partial charge in [-0.25, -0.2) is 0 Å². The van der Waals surface area contributed by atoms with Gasteiger partial charge in [0.2, 0.25) is 0 Å². The summed E-state index contributed by atoms with van der Waals surface area (Å²) < 4.78 is 11.7. The molecule has 1 aromatic rings. The second-order valence-electron chi connectivity index (χ2n) is 5.19. The molecule has 0 radical (unpaired) electrons. The summed E-state index contributed by atoms with van der Waals surface area (Å²) >= 11 is 0. The van der Waals surface area contributed by atoms with Gasteiger partial charge >= 0.3 is 0 Å². The van der Waals surface area contributed by atoms with Crippen molar-refractivity contribution in [2.24, 2.45) is 5.73 Å². The first kappa shape index (κ1) is 11.8. The van der Waals surface area contributed by atoms with Crippen molar-refractivity contribution in [1.82, 2.24) is 0 Å². The van der Waals surface area contributed by atoms with Crippen LogP contribution in [0.15, 0.2) is 0 Å². The first-order valence-corrected chi connectivity index (χ1v) is 6.91. The van der Waals surface area contributed by atoms with Crippen LogP contribution in [0.5, 0.6) is 11.5 Å². The summed E-state index contributed by atoms with van der Waals surface area (Å²) in [5.74, 6) is 2.63. The predicted octanol–water partition coefficient (Wildman–Crippen LogP) is 2.32. The standard InChI is InChI=1S/C15H21NO2/c1-3-10(8-16)13-12-5-7-17-14(12)9(2)11-4-6-18-15(11)13/h10H,3-8,16H2,1-2H3. The van der Waals surface area contributed by atoms with E-state index in [2.05, 4.69) is 13.8 Å². The minimum Gasteiger partial charge on any atom is -0.493 e. The van der Waals surface area contributed by atoms with Crippen molar-refractivity contribution in [2.75, 3.05) is 19.8 Å². The quantitative estimate of drug-likeness (QED) is 0.891. The van der Waals surface area contributed by atoms with E-state index in [1.165, 1.54) is 22.3 Å². The summed E-state index contributed by atoms with van der Waals surface area (Å²) in [6.45, 7) is 6.63. The highest BCUT2D eigenvalue weighted by molar-refractivity contribution is 5.62. The van der Waals surface area contributed by atoms with Crippen molar-refractivity contribution in [3.8, 4) is 11.5 Å². The van der Waals surface area contributed by atoms with E-state index in [0.29, 0.717) is 12.5 Å². The van der Waals surface area contributed by atoms with E-state index < -0.39 is 0 Å². The van der Waals surface area contributed by atoms with E-state index in [1.54, 1.807) is 0 Å². The second kappa shape index (κ2) is 4.47. The fraction of sp³-hybridized carbons (Fsp3) is 0.600. The maximum absolute atomic E-state index is 5.95. The van der Waals surface area contributed by atoms with Gasteiger partial charge in [-0.1, -0.05) is 6.92 Å². The fourth-order valence-corrected chi connectivity index (χ4v) is 3.30. The van der Waals surface area contributed by atoms with Crippen LogP contribution in [0.3, 0.4) is 0 Å². The molecule has 2 N–H and O–H groups in total. The minimum absolute atomic E-state index is 0.396. The van der Waals surface area contributed by atoms with Crippen LogP contribution in [-0.4, -0.2) is 19.8 Å². The zero-order valence-electron chi connectivity index (χ0n) is 11.2. The summed E-state index contributed by atoms with van der Waals surface area (Å²) in [6, 6.07) is 0. The maximum atomic E-state index is 5.95. The second-order valence-corrected chi connectivity index (χ2v) is 5.19. The van der Waals surface area contributed by atoms with E-state index in [9.17, 15) is 0 Å². The normalized spacial score (nSPS) is 17.9. The van der Waals surface area contributed by atoms with E-state index in [0.717, 1.165) is 44.0 Å². The van der Waals surface area contributed by atoms with E-state index in [-0.39, 0.29) is 0 Å². The molecular weight excluding hydrogens is 226 g/mol. The van der Waals surface area contributed by atoms with Gasteiger partial charge in [-0.05, 0) is 31.4 Å². The Hall–Kier alpha value is -1.22. The molecule has 2 aliphatic rings. The Balaban J connectivity index is 2.24. The van der Waals surface area contributed by atoms with Crippen LogP contribution in [0.2, 0.25) is 0 Å². The number of ether oxygens (including phenoxy) is 2. The molecule has 1 atom stereocenters. The molecule has 0 amide bonds. The Morgan fingerprint density at radius 3 is 2.44 bits per heavy atom. The van der Waals surface area contributed by atoms with Crippen LogP contribution in [0.25, 0.3) is 0 Å². The van der Waals surface area contributed by atoms with Crippen LogP contribution in [0.1, 0.15) is 41.5 Å². The molecule has 3 rings (SSSR count). The van der Waals surface area contributed by atoms with Crippen LogP contribution < -0.4 is 15.2 Å². The summed E-state index contributed by atoms with van der Waals surface area (Å²) in [6.07, 6.45) is 3.06. The molecule has 0 aliphatic carbocycles. The molecule has 18 heavy (non-hydrogen) atoms. The van der Waals surface area contributed by atoms with Crippen LogP contribution in [0.4, 0.5) is 0 Å². The Morgan fingerprint density at radius 1 is 1.11 bits per heavy atom. The van der Waals surface area contributed by atoms with Gasteiger partial charge in [-0.15, -0.1) is 0 Å². The van der Waals surface area contributed by atoms with Gasteiger partial charge in [0.05, 0.1) is 13.2 Å². The summed E-state index contributed by atoms with van der Waals surface area (Å²) in [5.41, 5.74) is 11.3. The lowest BCUT2D eigenvalue weighted by Gasteiger charge is -2.21. The zero-order valence-corrected chi connectivity index (χ0v) is 11.2. The van der Waals surface area contributed by atoms with Gasteiger partial charge in [-0.2, -0.15) is 0 Å². The SMILES string of the molecule is CCC(CN)c1c2c(c(C)c3c1OCC3)OCC2. The molecule has 0 fully saturated rings. The Morgan fingerprint density at radius 2 is 1.78 bits per heavy atom. The highest BCUT2D eigenvalue weighted by Crippen LogP contribution is 2.47. The Kier molecular flexibility index (Phi) is 2.94. The maximum Gasteiger partial charge on any atom is 0.126 e. The lowest BCUT2D eigenvalue weighted by molar-refractivity contribution is 0.350. The smallest absolute Gasteiger partial charge is 0.126 e.